The highest BCUT2D eigenvalue weighted by atomic mass is 79.9. The van der Waals surface area contributed by atoms with E-state index in [2.05, 4.69) is 20.1 Å². The van der Waals surface area contributed by atoms with E-state index in [-0.39, 0.29) is 10.0 Å². The maximum Gasteiger partial charge on any atom is 0.446 e. The van der Waals surface area contributed by atoms with Gasteiger partial charge in [-0.05, 0) is 28.1 Å². The Hall–Kier alpha value is -1.12. The van der Waals surface area contributed by atoms with Crippen molar-refractivity contribution in [1.82, 2.24) is 0 Å². The van der Waals surface area contributed by atoms with Gasteiger partial charge in [0.1, 0.15) is 5.56 Å². The third kappa shape index (κ3) is 3.18. The Morgan fingerprint density at radius 3 is 2.47 bits per heavy atom. The smallest absolute Gasteiger partial charge is 0.446 e. The highest BCUT2D eigenvalue weighted by molar-refractivity contribution is 9.10. The van der Waals surface area contributed by atoms with Crippen molar-refractivity contribution in [2.75, 3.05) is 0 Å². The zero-order chi connectivity index (χ0) is 11.6. The van der Waals surface area contributed by atoms with Gasteiger partial charge in [-0.3, -0.25) is 4.55 Å². The molecule has 0 heterocycles. The summed E-state index contributed by atoms with van der Waals surface area (Å²) in [6.45, 7) is 0. The predicted octanol–water partition coefficient (Wildman–Crippen LogP) is 1.33. The van der Waals surface area contributed by atoms with Crippen LogP contribution in [0.15, 0.2) is 22.7 Å². The molecule has 0 aliphatic carbocycles. The van der Waals surface area contributed by atoms with Gasteiger partial charge in [0.25, 0.3) is 0 Å². The van der Waals surface area contributed by atoms with Crippen molar-refractivity contribution in [3.05, 3.63) is 28.2 Å². The summed E-state index contributed by atoms with van der Waals surface area (Å²) in [5.74, 6) is -1.83. The summed E-state index contributed by atoms with van der Waals surface area (Å²) in [6.07, 6.45) is 0. The number of aromatic carboxylic acids is 1. The number of carboxylic acid groups (broad SMARTS) is 1. The molecule has 0 saturated heterocycles. The van der Waals surface area contributed by atoms with E-state index in [9.17, 15) is 13.2 Å². The Labute approximate surface area is 93.6 Å². The molecule has 0 atom stereocenters. The number of rotatable bonds is 3. The number of halogens is 1. The topological polar surface area (TPSA) is 101 Å². The molecule has 8 heteroatoms. The van der Waals surface area contributed by atoms with Crippen LogP contribution < -0.4 is 4.18 Å². The highest BCUT2D eigenvalue weighted by Gasteiger charge is 2.19. The van der Waals surface area contributed by atoms with Crippen LogP contribution in [0, 0.1) is 0 Å². The fourth-order valence-corrected chi connectivity index (χ4v) is 1.81. The number of carbonyl (C=O) groups is 1. The van der Waals surface area contributed by atoms with Crippen molar-refractivity contribution in [2.24, 2.45) is 0 Å². The molecule has 15 heavy (non-hydrogen) atoms. The molecule has 0 unspecified atom stereocenters. The van der Waals surface area contributed by atoms with Gasteiger partial charge >= 0.3 is 16.4 Å². The molecule has 1 rings (SSSR count). The molecule has 2 N–H and O–H groups in total. The first-order valence-corrected chi connectivity index (χ1v) is 5.66. The fourth-order valence-electron chi connectivity index (χ4n) is 0.867. The number of benzene rings is 1. The minimum Gasteiger partial charge on any atom is -0.478 e. The Balaban J connectivity index is 3.32. The summed E-state index contributed by atoms with van der Waals surface area (Å²) in [6, 6.07) is 3.92. The first-order chi connectivity index (χ1) is 6.81. The number of hydrogen-bond acceptors (Lipinski definition) is 4. The zero-order valence-corrected chi connectivity index (χ0v) is 9.45. The molecule has 0 spiro atoms. The fraction of sp³-hybridized carbons (Fsp3) is 0. The highest BCUT2D eigenvalue weighted by Crippen LogP contribution is 2.29. The quantitative estimate of drug-likeness (QED) is 0.816. The van der Waals surface area contributed by atoms with Crippen LogP contribution in [0.1, 0.15) is 10.4 Å². The van der Waals surface area contributed by atoms with Gasteiger partial charge in [-0.25, -0.2) is 4.79 Å². The van der Waals surface area contributed by atoms with E-state index in [0.29, 0.717) is 0 Å². The van der Waals surface area contributed by atoms with E-state index in [1.807, 2.05) is 0 Å². The molecule has 0 aliphatic rings. The van der Waals surface area contributed by atoms with E-state index in [1.54, 1.807) is 0 Å². The van der Waals surface area contributed by atoms with Crippen LogP contribution in [0.2, 0.25) is 0 Å². The summed E-state index contributed by atoms with van der Waals surface area (Å²) in [7, 11) is -4.75. The second-order valence-electron chi connectivity index (χ2n) is 2.43. The van der Waals surface area contributed by atoms with Gasteiger partial charge < -0.3 is 9.29 Å². The average molecular weight is 297 g/mol. The van der Waals surface area contributed by atoms with E-state index in [4.69, 9.17) is 9.66 Å². The molecule has 0 aromatic heterocycles. The lowest BCUT2D eigenvalue weighted by Crippen LogP contribution is -2.10. The molecule has 1 aromatic rings. The van der Waals surface area contributed by atoms with Gasteiger partial charge in [0.2, 0.25) is 0 Å². The number of hydrogen-bond donors (Lipinski definition) is 2. The standard InChI is InChI=1S/C7H5BrO6S/c8-5-3-1-2-4(7(9)10)6(5)14-15(11,12)13/h1-3H,(H,9,10)(H,11,12,13). The lowest BCUT2D eigenvalue weighted by Gasteiger charge is -2.06. The van der Waals surface area contributed by atoms with Crippen molar-refractivity contribution in [3.8, 4) is 5.75 Å². The Bertz CT molecular complexity index is 494. The summed E-state index contributed by atoms with van der Waals surface area (Å²) < 4.78 is 33.6. The first kappa shape index (κ1) is 12.0. The Kier molecular flexibility index (Phi) is 3.32. The lowest BCUT2D eigenvalue weighted by atomic mass is 10.2. The summed E-state index contributed by atoms with van der Waals surface area (Å²) in [5, 5.41) is 8.71. The van der Waals surface area contributed by atoms with Crippen LogP contribution in [0.3, 0.4) is 0 Å². The average Bonchev–Trinajstić information content (AvgIpc) is 2.05. The molecule has 6 nitrogen and oxygen atoms in total. The van der Waals surface area contributed by atoms with E-state index >= 15 is 0 Å². The maximum atomic E-state index is 10.7. The van der Waals surface area contributed by atoms with Crippen molar-refractivity contribution < 1.29 is 27.1 Å². The minimum absolute atomic E-state index is 0.111. The van der Waals surface area contributed by atoms with Gasteiger partial charge in [0.15, 0.2) is 5.75 Å². The lowest BCUT2D eigenvalue weighted by molar-refractivity contribution is 0.0695. The molecule has 0 saturated carbocycles. The van der Waals surface area contributed by atoms with Crippen molar-refractivity contribution in [3.63, 3.8) is 0 Å². The monoisotopic (exact) mass is 296 g/mol. The third-order valence-electron chi connectivity index (χ3n) is 1.39. The molecular weight excluding hydrogens is 292 g/mol. The first-order valence-electron chi connectivity index (χ1n) is 3.50. The second-order valence-corrected chi connectivity index (χ2v) is 4.31. The van der Waals surface area contributed by atoms with Crippen LogP contribution in [0.4, 0.5) is 0 Å². The van der Waals surface area contributed by atoms with Crippen LogP contribution >= 0.6 is 15.9 Å². The maximum absolute atomic E-state index is 10.7. The second kappa shape index (κ2) is 4.17. The predicted molar refractivity (Wildman–Crippen MR) is 53.3 cm³/mol. The van der Waals surface area contributed by atoms with Crippen LogP contribution in [0.25, 0.3) is 0 Å². The van der Waals surface area contributed by atoms with Crippen molar-refractivity contribution in [1.29, 1.82) is 0 Å². The Morgan fingerprint density at radius 2 is 2.00 bits per heavy atom. The van der Waals surface area contributed by atoms with Crippen LogP contribution in [-0.2, 0) is 10.4 Å². The number of para-hydroxylation sites is 1. The van der Waals surface area contributed by atoms with Gasteiger partial charge in [-0.1, -0.05) is 6.07 Å². The van der Waals surface area contributed by atoms with Crippen LogP contribution in [0.5, 0.6) is 5.75 Å². The van der Waals surface area contributed by atoms with Crippen molar-refractivity contribution in [2.45, 2.75) is 0 Å². The van der Waals surface area contributed by atoms with E-state index < -0.39 is 22.1 Å². The molecule has 1 aromatic carbocycles. The molecule has 0 aliphatic heterocycles. The molecule has 0 bridgehead atoms. The van der Waals surface area contributed by atoms with Gasteiger partial charge in [0.05, 0.1) is 4.47 Å². The van der Waals surface area contributed by atoms with Gasteiger partial charge in [-0.2, -0.15) is 8.42 Å². The minimum atomic E-state index is -4.75. The zero-order valence-electron chi connectivity index (χ0n) is 7.05. The molecular formula is C7H5BrO6S. The van der Waals surface area contributed by atoms with Crippen molar-refractivity contribution >= 4 is 32.3 Å². The van der Waals surface area contributed by atoms with Crippen LogP contribution in [-0.4, -0.2) is 24.0 Å². The SMILES string of the molecule is O=C(O)c1cccc(Br)c1OS(=O)(=O)O. The molecule has 0 radical (unpaired) electrons. The Morgan fingerprint density at radius 1 is 1.40 bits per heavy atom. The largest absolute Gasteiger partial charge is 0.478 e. The van der Waals surface area contributed by atoms with E-state index in [1.165, 1.54) is 12.1 Å². The normalized spacial score (nSPS) is 11.1. The molecule has 0 amide bonds. The van der Waals surface area contributed by atoms with Gasteiger partial charge in [0, 0.05) is 0 Å². The third-order valence-corrected chi connectivity index (χ3v) is 2.39. The van der Waals surface area contributed by atoms with Gasteiger partial charge in [-0.15, -0.1) is 0 Å². The number of carboxylic acids is 1. The summed E-state index contributed by atoms with van der Waals surface area (Å²) in [5.41, 5.74) is -0.373. The molecule has 82 valence electrons. The van der Waals surface area contributed by atoms with E-state index in [0.717, 1.165) is 6.07 Å². The summed E-state index contributed by atoms with van der Waals surface area (Å²) >= 11 is 2.90. The summed E-state index contributed by atoms with van der Waals surface area (Å²) in [4.78, 5) is 10.7. The molecule has 0 fully saturated rings.